The van der Waals surface area contributed by atoms with E-state index in [1.807, 2.05) is 60.7 Å². The van der Waals surface area contributed by atoms with Crippen molar-refractivity contribution >= 4 is 16.1 Å². The lowest BCUT2D eigenvalue weighted by Gasteiger charge is -2.40. The van der Waals surface area contributed by atoms with Crippen LogP contribution in [0.25, 0.3) is 0 Å². The SMILES string of the molecule is CCc1ccc(CCNC(=O)C2(Cc3ccccc3)CCN(S(=O)(=O)NCc3ccccc3)CC2)cc1. The van der Waals surface area contributed by atoms with Gasteiger partial charge in [0.25, 0.3) is 10.2 Å². The smallest absolute Gasteiger partial charge is 0.279 e. The third kappa shape index (κ3) is 7.28. The number of benzene rings is 3. The highest BCUT2D eigenvalue weighted by Crippen LogP contribution is 2.36. The maximum Gasteiger partial charge on any atom is 0.279 e. The first-order chi connectivity index (χ1) is 17.9. The molecule has 0 spiro atoms. The maximum absolute atomic E-state index is 13.6. The molecule has 196 valence electrons. The summed E-state index contributed by atoms with van der Waals surface area (Å²) >= 11 is 0. The van der Waals surface area contributed by atoms with E-state index >= 15 is 0 Å². The van der Waals surface area contributed by atoms with Crippen molar-refractivity contribution in [3.05, 3.63) is 107 Å². The Morgan fingerprint density at radius 3 is 1.97 bits per heavy atom. The molecule has 0 unspecified atom stereocenters. The molecule has 0 aliphatic carbocycles. The van der Waals surface area contributed by atoms with E-state index in [1.165, 1.54) is 15.4 Å². The van der Waals surface area contributed by atoms with E-state index < -0.39 is 15.6 Å². The normalized spacial score (nSPS) is 15.8. The van der Waals surface area contributed by atoms with E-state index in [4.69, 9.17) is 0 Å². The van der Waals surface area contributed by atoms with Crippen molar-refractivity contribution in [2.45, 2.75) is 45.6 Å². The molecule has 0 bridgehead atoms. The second-order valence-corrected chi connectivity index (χ2v) is 11.6. The Morgan fingerprint density at radius 2 is 1.38 bits per heavy atom. The Balaban J connectivity index is 1.40. The molecule has 1 aliphatic heterocycles. The van der Waals surface area contributed by atoms with E-state index in [2.05, 4.69) is 41.2 Å². The van der Waals surface area contributed by atoms with Gasteiger partial charge in [-0.25, -0.2) is 0 Å². The number of nitrogens with one attached hydrogen (secondary N) is 2. The molecule has 2 N–H and O–H groups in total. The zero-order valence-corrected chi connectivity index (χ0v) is 22.3. The Bertz CT molecular complexity index is 1240. The van der Waals surface area contributed by atoms with Gasteiger partial charge in [-0.3, -0.25) is 4.79 Å². The molecule has 0 aromatic heterocycles. The van der Waals surface area contributed by atoms with Crippen LogP contribution in [0.3, 0.4) is 0 Å². The molecule has 7 heteroatoms. The zero-order valence-electron chi connectivity index (χ0n) is 21.5. The fraction of sp³-hybridized carbons (Fsp3) is 0.367. The molecule has 0 atom stereocenters. The number of carbonyl (C=O) groups excluding carboxylic acids is 1. The minimum absolute atomic E-state index is 0.0100. The second-order valence-electron chi connectivity index (χ2n) is 9.83. The Kier molecular flexibility index (Phi) is 9.14. The standard InChI is InChI=1S/C30H37N3O3S/c1-2-25-13-15-26(16-14-25)17-20-31-29(34)30(23-27-9-5-3-6-10-27)18-21-33(22-19-30)37(35,36)32-24-28-11-7-4-8-12-28/h3-16,32H,2,17-24H2,1H3,(H,31,34). The molecule has 3 aromatic carbocycles. The molecule has 1 saturated heterocycles. The van der Waals surface area contributed by atoms with Crippen LogP contribution in [-0.2, 0) is 40.8 Å². The lowest BCUT2D eigenvalue weighted by molar-refractivity contribution is -0.133. The minimum atomic E-state index is -3.64. The van der Waals surface area contributed by atoms with E-state index in [0.29, 0.717) is 38.9 Å². The van der Waals surface area contributed by atoms with Gasteiger partial charge in [-0.15, -0.1) is 0 Å². The number of rotatable bonds is 11. The second kappa shape index (κ2) is 12.5. The van der Waals surface area contributed by atoms with Gasteiger partial charge in [-0.1, -0.05) is 91.9 Å². The van der Waals surface area contributed by atoms with Gasteiger partial charge in [0.05, 0.1) is 5.41 Å². The summed E-state index contributed by atoms with van der Waals surface area (Å²) in [6, 6.07) is 28.0. The number of nitrogens with zero attached hydrogens (tertiary/aromatic N) is 1. The molecular weight excluding hydrogens is 482 g/mol. The van der Waals surface area contributed by atoms with E-state index in [0.717, 1.165) is 24.0 Å². The number of piperidine rings is 1. The summed E-state index contributed by atoms with van der Waals surface area (Å²) in [5, 5.41) is 3.17. The lowest BCUT2D eigenvalue weighted by atomic mass is 9.73. The Morgan fingerprint density at radius 1 is 0.811 bits per heavy atom. The van der Waals surface area contributed by atoms with Crippen molar-refractivity contribution in [2.24, 2.45) is 5.41 Å². The van der Waals surface area contributed by atoms with Crippen LogP contribution in [0.5, 0.6) is 0 Å². The molecule has 1 fully saturated rings. The van der Waals surface area contributed by atoms with Crippen molar-refractivity contribution in [3.8, 4) is 0 Å². The summed E-state index contributed by atoms with van der Waals surface area (Å²) < 4.78 is 30.2. The highest BCUT2D eigenvalue weighted by molar-refractivity contribution is 7.87. The van der Waals surface area contributed by atoms with Crippen LogP contribution < -0.4 is 10.0 Å². The molecule has 0 radical (unpaired) electrons. The summed E-state index contributed by atoms with van der Waals surface area (Å²) in [5.41, 5.74) is 3.85. The molecule has 1 aliphatic rings. The quantitative estimate of drug-likeness (QED) is 0.397. The minimum Gasteiger partial charge on any atom is -0.355 e. The summed E-state index contributed by atoms with van der Waals surface area (Å²) in [6.07, 6.45) is 3.32. The molecule has 4 rings (SSSR count). The van der Waals surface area contributed by atoms with E-state index in [1.54, 1.807) is 0 Å². The lowest BCUT2D eigenvalue weighted by Crippen LogP contribution is -2.53. The predicted octanol–water partition coefficient (Wildman–Crippen LogP) is 4.27. The fourth-order valence-electron chi connectivity index (χ4n) is 4.94. The zero-order chi connectivity index (χ0) is 26.1. The van der Waals surface area contributed by atoms with Gasteiger partial charge in [0, 0.05) is 26.2 Å². The van der Waals surface area contributed by atoms with Gasteiger partial charge in [-0.05, 0) is 54.4 Å². The topological polar surface area (TPSA) is 78.5 Å². The molecule has 6 nitrogen and oxygen atoms in total. The summed E-state index contributed by atoms with van der Waals surface area (Å²) in [4.78, 5) is 13.6. The number of carbonyl (C=O) groups is 1. The average molecular weight is 520 g/mol. The first-order valence-electron chi connectivity index (χ1n) is 13.1. The van der Waals surface area contributed by atoms with Crippen molar-refractivity contribution < 1.29 is 13.2 Å². The van der Waals surface area contributed by atoms with Gasteiger partial charge < -0.3 is 5.32 Å². The van der Waals surface area contributed by atoms with Crippen molar-refractivity contribution in [1.82, 2.24) is 14.3 Å². The van der Waals surface area contributed by atoms with Crippen molar-refractivity contribution in [2.75, 3.05) is 19.6 Å². The monoisotopic (exact) mass is 519 g/mol. The van der Waals surface area contributed by atoms with Crippen LogP contribution in [0.1, 0.15) is 42.0 Å². The third-order valence-corrected chi connectivity index (χ3v) is 8.87. The highest BCUT2D eigenvalue weighted by Gasteiger charge is 2.43. The molecular formula is C30H37N3O3S. The number of hydrogen-bond donors (Lipinski definition) is 2. The van der Waals surface area contributed by atoms with Crippen molar-refractivity contribution in [1.29, 1.82) is 0 Å². The van der Waals surface area contributed by atoms with Crippen molar-refractivity contribution in [3.63, 3.8) is 0 Å². The largest absolute Gasteiger partial charge is 0.355 e. The first kappa shape index (κ1) is 27.0. The van der Waals surface area contributed by atoms with E-state index in [-0.39, 0.29) is 12.5 Å². The maximum atomic E-state index is 13.6. The Hall–Kier alpha value is -3.00. The number of amides is 1. The first-order valence-corrected chi connectivity index (χ1v) is 14.5. The van der Waals surface area contributed by atoms with Crippen LogP contribution in [-0.4, -0.2) is 38.3 Å². The van der Waals surface area contributed by atoms with Crippen LogP contribution in [0.2, 0.25) is 0 Å². The molecule has 1 amide bonds. The summed E-state index contributed by atoms with van der Waals surface area (Å²) in [5.74, 6) is 0.0100. The molecule has 1 heterocycles. The van der Waals surface area contributed by atoms with Gasteiger partial charge in [0.15, 0.2) is 0 Å². The van der Waals surface area contributed by atoms with Gasteiger partial charge in [-0.2, -0.15) is 17.4 Å². The Labute approximate surface area is 221 Å². The summed E-state index contributed by atoms with van der Waals surface area (Å²) in [7, 11) is -3.64. The molecule has 3 aromatic rings. The van der Waals surface area contributed by atoms with Crippen LogP contribution in [0.4, 0.5) is 0 Å². The van der Waals surface area contributed by atoms with Gasteiger partial charge >= 0.3 is 0 Å². The van der Waals surface area contributed by atoms with E-state index in [9.17, 15) is 13.2 Å². The fourth-order valence-corrected chi connectivity index (χ4v) is 6.13. The number of aryl methyl sites for hydroxylation is 1. The van der Waals surface area contributed by atoms with Gasteiger partial charge in [0.1, 0.15) is 0 Å². The van der Waals surface area contributed by atoms with Crippen LogP contribution in [0.15, 0.2) is 84.9 Å². The molecule has 0 saturated carbocycles. The third-order valence-electron chi connectivity index (χ3n) is 7.32. The predicted molar refractivity (Wildman–Crippen MR) is 148 cm³/mol. The highest BCUT2D eigenvalue weighted by atomic mass is 32.2. The summed E-state index contributed by atoms with van der Waals surface area (Å²) in [6.45, 7) is 3.55. The van der Waals surface area contributed by atoms with Crippen LogP contribution >= 0.6 is 0 Å². The van der Waals surface area contributed by atoms with Gasteiger partial charge in [0.2, 0.25) is 5.91 Å². The molecule has 37 heavy (non-hydrogen) atoms. The average Bonchev–Trinajstić information content (AvgIpc) is 2.94. The van der Waals surface area contributed by atoms with Crippen LogP contribution in [0, 0.1) is 5.41 Å². The number of hydrogen-bond acceptors (Lipinski definition) is 3.